The molecule has 0 aliphatic carbocycles. The van der Waals surface area contributed by atoms with Crippen molar-refractivity contribution in [1.29, 1.82) is 0 Å². The number of thioether (sulfide) groups is 2. The van der Waals surface area contributed by atoms with Crippen molar-refractivity contribution in [2.45, 2.75) is 37.4 Å². The fraction of sp³-hybridized carbons (Fsp3) is 0.571. The molecule has 1 aliphatic heterocycles. The molecule has 0 amide bonds. The predicted octanol–water partition coefficient (Wildman–Crippen LogP) is 3.57. The molecular formula is C14H20OS2. The van der Waals surface area contributed by atoms with Gasteiger partial charge in [0.05, 0.1) is 6.10 Å². The predicted molar refractivity (Wildman–Crippen MR) is 79.0 cm³/mol. The molecule has 3 atom stereocenters. The van der Waals surface area contributed by atoms with E-state index in [2.05, 4.69) is 32.9 Å². The Labute approximate surface area is 112 Å². The topological polar surface area (TPSA) is 20.2 Å². The molecule has 1 N–H and O–H groups in total. The van der Waals surface area contributed by atoms with Gasteiger partial charge in [-0.05, 0) is 30.5 Å². The van der Waals surface area contributed by atoms with Crippen molar-refractivity contribution in [3.63, 3.8) is 0 Å². The molecular weight excluding hydrogens is 248 g/mol. The molecule has 1 aliphatic rings. The van der Waals surface area contributed by atoms with Crippen LogP contribution in [-0.2, 0) is 0 Å². The maximum absolute atomic E-state index is 10.6. The molecule has 1 nitrogen and oxygen atoms in total. The average Bonchev–Trinajstić information content (AvgIpc) is 2.32. The third kappa shape index (κ3) is 2.83. The minimum absolute atomic E-state index is 0.328. The number of aliphatic hydroxyl groups is 1. The maximum atomic E-state index is 10.6. The molecule has 0 aromatic heterocycles. The van der Waals surface area contributed by atoms with E-state index in [4.69, 9.17) is 0 Å². The third-order valence-corrected chi connectivity index (χ3v) is 6.69. The average molecular weight is 268 g/mol. The Hall–Kier alpha value is -0.120. The number of aryl methyl sites for hydroxylation is 1. The lowest BCUT2D eigenvalue weighted by molar-refractivity contribution is 0.173. The Morgan fingerprint density at radius 3 is 2.65 bits per heavy atom. The highest BCUT2D eigenvalue weighted by Crippen LogP contribution is 2.39. The van der Waals surface area contributed by atoms with Gasteiger partial charge in [-0.15, -0.1) is 0 Å². The smallest absolute Gasteiger partial charge is 0.0921 e. The number of benzene rings is 1. The summed E-state index contributed by atoms with van der Waals surface area (Å²) in [6, 6.07) is 6.23. The Balaban J connectivity index is 2.23. The van der Waals surface area contributed by atoms with Gasteiger partial charge in [0.2, 0.25) is 0 Å². The van der Waals surface area contributed by atoms with Crippen LogP contribution in [0.3, 0.4) is 0 Å². The lowest BCUT2D eigenvalue weighted by atomic mass is 9.96. The molecule has 0 radical (unpaired) electrons. The van der Waals surface area contributed by atoms with Crippen molar-refractivity contribution in [1.82, 2.24) is 0 Å². The summed E-state index contributed by atoms with van der Waals surface area (Å²) in [6.07, 6.45) is -0.331. The van der Waals surface area contributed by atoms with Gasteiger partial charge in [-0.2, -0.15) is 23.5 Å². The van der Waals surface area contributed by atoms with Crippen molar-refractivity contribution in [3.05, 3.63) is 34.9 Å². The zero-order chi connectivity index (χ0) is 12.4. The normalized spacial score (nSPS) is 26.8. The summed E-state index contributed by atoms with van der Waals surface area (Å²) in [6.45, 7) is 6.45. The van der Waals surface area contributed by atoms with E-state index in [1.165, 1.54) is 16.9 Å². The molecule has 0 spiro atoms. The van der Waals surface area contributed by atoms with E-state index < -0.39 is 0 Å². The lowest BCUT2D eigenvalue weighted by Gasteiger charge is -2.32. The highest BCUT2D eigenvalue weighted by molar-refractivity contribution is 8.07. The molecule has 1 aromatic rings. The van der Waals surface area contributed by atoms with E-state index in [0.717, 1.165) is 11.3 Å². The Morgan fingerprint density at radius 2 is 1.94 bits per heavy atom. The monoisotopic (exact) mass is 268 g/mol. The second-order valence-electron chi connectivity index (χ2n) is 4.65. The van der Waals surface area contributed by atoms with Crippen LogP contribution in [0, 0.1) is 13.8 Å². The molecule has 94 valence electrons. The summed E-state index contributed by atoms with van der Waals surface area (Å²) in [5, 5.41) is 11.4. The Bertz CT molecular complexity index is 392. The van der Waals surface area contributed by atoms with Gasteiger partial charge in [-0.25, -0.2) is 0 Å². The summed E-state index contributed by atoms with van der Waals surface area (Å²) in [7, 11) is 0. The molecule has 0 saturated carbocycles. The SMILES string of the molecule is Cc1cccc(C(O)C2SCCSC2C)c1C. The molecule has 3 unspecified atom stereocenters. The van der Waals surface area contributed by atoms with Crippen LogP contribution in [0.5, 0.6) is 0 Å². The van der Waals surface area contributed by atoms with Gasteiger partial charge in [0.15, 0.2) is 0 Å². The van der Waals surface area contributed by atoms with E-state index in [-0.39, 0.29) is 6.10 Å². The van der Waals surface area contributed by atoms with Gasteiger partial charge >= 0.3 is 0 Å². The third-order valence-electron chi connectivity index (χ3n) is 3.51. The molecule has 1 saturated heterocycles. The number of hydrogen-bond donors (Lipinski definition) is 1. The molecule has 0 bridgehead atoms. The van der Waals surface area contributed by atoms with E-state index >= 15 is 0 Å². The molecule has 2 rings (SSSR count). The highest BCUT2D eigenvalue weighted by atomic mass is 32.2. The zero-order valence-electron chi connectivity index (χ0n) is 10.6. The minimum Gasteiger partial charge on any atom is -0.387 e. The van der Waals surface area contributed by atoms with Gasteiger partial charge in [0.25, 0.3) is 0 Å². The Morgan fingerprint density at radius 1 is 1.24 bits per heavy atom. The fourth-order valence-electron chi connectivity index (χ4n) is 2.27. The zero-order valence-corrected chi connectivity index (χ0v) is 12.3. The van der Waals surface area contributed by atoms with Crippen LogP contribution in [0.15, 0.2) is 18.2 Å². The van der Waals surface area contributed by atoms with Crippen LogP contribution in [0.4, 0.5) is 0 Å². The van der Waals surface area contributed by atoms with Crippen molar-refractivity contribution in [2.75, 3.05) is 11.5 Å². The molecule has 1 fully saturated rings. The number of hydrogen-bond acceptors (Lipinski definition) is 3. The molecule has 17 heavy (non-hydrogen) atoms. The van der Waals surface area contributed by atoms with Gasteiger partial charge in [-0.1, -0.05) is 25.1 Å². The first kappa shape index (κ1) is 13.3. The van der Waals surface area contributed by atoms with Crippen LogP contribution in [0.1, 0.15) is 29.7 Å². The van der Waals surface area contributed by atoms with Crippen LogP contribution < -0.4 is 0 Å². The second-order valence-corrected chi connectivity index (χ2v) is 7.42. The summed E-state index contributed by atoms with van der Waals surface area (Å²) < 4.78 is 0. The Kier molecular flexibility index (Phi) is 4.45. The van der Waals surface area contributed by atoms with Gasteiger partial charge in [-0.3, -0.25) is 0 Å². The van der Waals surface area contributed by atoms with Crippen LogP contribution in [-0.4, -0.2) is 27.1 Å². The standard InChI is InChI=1S/C14H20OS2/c1-9-5-4-6-12(10(9)2)13(15)14-11(3)16-7-8-17-14/h4-6,11,13-15H,7-8H2,1-3H3. The first-order chi connectivity index (χ1) is 8.11. The van der Waals surface area contributed by atoms with Crippen LogP contribution in [0.2, 0.25) is 0 Å². The largest absolute Gasteiger partial charge is 0.387 e. The summed E-state index contributed by atoms with van der Waals surface area (Å²) in [5.74, 6) is 2.36. The first-order valence-corrected chi connectivity index (χ1v) is 8.18. The van der Waals surface area contributed by atoms with Crippen molar-refractivity contribution >= 4 is 23.5 Å². The first-order valence-electron chi connectivity index (χ1n) is 6.08. The summed E-state index contributed by atoms with van der Waals surface area (Å²) in [5.41, 5.74) is 3.61. The quantitative estimate of drug-likeness (QED) is 0.885. The lowest BCUT2D eigenvalue weighted by Crippen LogP contribution is -2.29. The summed E-state index contributed by atoms with van der Waals surface area (Å²) >= 11 is 3.90. The van der Waals surface area contributed by atoms with Crippen LogP contribution >= 0.6 is 23.5 Å². The highest BCUT2D eigenvalue weighted by Gasteiger charge is 2.30. The van der Waals surface area contributed by atoms with E-state index in [0.29, 0.717) is 10.5 Å². The summed E-state index contributed by atoms with van der Waals surface area (Å²) in [4.78, 5) is 0. The van der Waals surface area contributed by atoms with Crippen LogP contribution in [0.25, 0.3) is 0 Å². The maximum Gasteiger partial charge on any atom is 0.0921 e. The van der Waals surface area contributed by atoms with E-state index in [9.17, 15) is 5.11 Å². The van der Waals surface area contributed by atoms with E-state index in [1.807, 2.05) is 29.6 Å². The second kappa shape index (κ2) is 5.68. The molecule has 1 heterocycles. The number of rotatable bonds is 2. The van der Waals surface area contributed by atoms with Crippen molar-refractivity contribution < 1.29 is 5.11 Å². The van der Waals surface area contributed by atoms with Crippen molar-refractivity contribution in [3.8, 4) is 0 Å². The van der Waals surface area contributed by atoms with E-state index in [1.54, 1.807) is 0 Å². The molecule has 1 aromatic carbocycles. The van der Waals surface area contributed by atoms with Crippen molar-refractivity contribution in [2.24, 2.45) is 0 Å². The minimum atomic E-state index is -0.331. The number of aliphatic hydroxyl groups excluding tert-OH is 1. The fourth-order valence-corrected chi connectivity index (χ4v) is 5.09. The molecule has 3 heteroatoms. The van der Waals surface area contributed by atoms with Gasteiger partial charge < -0.3 is 5.11 Å². The van der Waals surface area contributed by atoms with Gasteiger partial charge in [0, 0.05) is 22.0 Å². The van der Waals surface area contributed by atoms with Gasteiger partial charge in [0.1, 0.15) is 0 Å².